The minimum Gasteiger partial charge on any atom is -0.457 e. The number of hydrogen-bond acceptors (Lipinski definition) is 4. The number of ether oxygens (including phenoxy) is 2. The molecule has 2 heterocycles. The molecule has 1 aliphatic carbocycles. The number of esters is 1. The molecule has 0 saturated heterocycles. The summed E-state index contributed by atoms with van der Waals surface area (Å²) in [5, 5.41) is 1.88. The second-order valence-electron chi connectivity index (χ2n) is 10.9. The predicted molar refractivity (Wildman–Crippen MR) is 160 cm³/mol. The molecule has 208 valence electrons. The van der Waals surface area contributed by atoms with E-state index in [4.69, 9.17) is 44.3 Å². The SMILES string of the molecule is COC1(c2[nH]cc(-c3c(Cl)cc(Cl)cc3Cl)c2C(=O)n2ccc3c(/C=C/C(=O)OC(C)(C)C)cccc32)CCC1. The van der Waals surface area contributed by atoms with Crippen LogP contribution in [0.25, 0.3) is 28.1 Å². The quantitative estimate of drug-likeness (QED) is 0.178. The molecule has 1 N–H and O–H groups in total. The van der Waals surface area contributed by atoms with Gasteiger partial charge in [-0.25, -0.2) is 4.79 Å². The predicted octanol–water partition coefficient (Wildman–Crippen LogP) is 8.67. The largest absolute Gasteiger partial charge is 0.457 e. The third kappa shape index (κ3) is 5.21. The number of aromatic amines is 1. The van der Waals surface area contributed by atoms with E-state index in [0.717, 1.165) is 30.2 Å². The smallest absolute Gasteiger partial charge is 0.331 e. The number of carbonyl (C=O) groups excluding carboxylic acids is 2. The fourth-order valence-corrected chi connectivity index (χ4v) is 6.20. The highest BCUT2D eigenvalue weighted by Gasteiger charge is 2.44. The molecule has 0 radical (unpaired) electrons. The Kier molecular flexibility index (Phi) is 7.66. The maximum absolute atomic E-state index is 14.4. The van der Waals surface area contributed by atoms with Crippen molar-refractivity contribution >= 4 is 63.7 Å². The lowest BCUT2D eigenvalue weighted by Gasteiger charge is -2.40. The number of nitrogens with zero attached hydrogens (tertiary/aromatic N) is 1. The zero-order valence-electron chi connectivity index (χ0n) is 22.6. The minimum atomic E-state index is -0.612. The van der Waals surface area contributed by atoms with E-state index in [1.165, 1.54) is 6.08 Å². The van der Waals surface area contributed by atoms with Crippen molar-refractivity contribution in [2.45, 2.75) is 51.2 Å². The summed E-state index contributed by atoms with van der Waals surface area (Å²) in [5.74, 6) is -0.705. The van der Waals surface area contributed by atoms with Crippen LogP contribution in [0.1, 0.15) is 61.6 Å². The number of methoxy groups -OCH3 is 1. The Bertz CT molecular complexity index is 1630. The molecule has 0 amide bonds. The van der Waals surface area contributed by atoms with Gasteiger partial charge in [0.2, 0.25) is 0 Å². The third-order valence-corrected chi connectivity index (χ3v) is 7.98. The summed E-state index contributed by atoms with van der Waals surface area (Å²) in [6, 6.07) is 10.7. The van der Waals surface area contributed by atoms with Gasteiger partial charge in [0.15, 0.2) is 0 Å². The van der Waals surface area contributed by atoms with Crippen LogP contribution >= 0.6 is 34.8 Å². The van der Waals surface area contributed by atoms with E-state index in [2.05, 4.69) is 4.98 Å². The van der Waals surface area contributed by atoms with Gasteiger partial charge in [-0.2, -0.15) is 0 Å². The van der Waals surface area contributed by atoms with Crippen LogP contribution in [0.3, 0.4) is 0 Å². The highest BCUT2D eigenvalue weighted by atomic mass is 35.5. The Balaban J connectivity index is 1.63. The summed E-state index contributed by atoms with van der Waals surface area (Å²) >= 11 is 19.4. The Morgan fingerprint density at radius 3 is 2.38 bits per heavy atom. The molecule has 1 aliphatic rings. The van der Waals surface area contributed by atoms with Gasteiger partial charge in [0.1, 0.15) is 11.2 Å². The monoisotopic (exact) mass is 598 g/mol. The van der Waals surface area contributed by atoms with Crippen LogP contribution in [-0.4, -0.2) is 34.1 Å². The van der Waals surface area contributed by atoms with Crippen molar-refractivity contribution < 1.29 is 19.1 Å². The number of carbonyl (C=O) groups is 2. The van der Waals surface area contributed by atoms with Crippen molar-refractivity contribution in [3.8, 4) is 11.1 Å². The number of benzene rings is 2. The number of fused-ring (bicyclic) bond motifs is 1. The number of rotatable bonds is 6. The Hall–Kier alpha value is -3.03. The molecule has 4 aromatic rings. The standard InChI is InChI=1S/C31H29Cl3N2O4/c1-30(2,3)40-25(37)10-9-18-7-5-8-24-20(18)11-14-36(24)29(38)27-21(26-22(33)15-19(32)16-23(26)34)17-35-28(27)31(39-4)12-6-13-31/h5,7-11,14-17,35H,6,12-13H2,1-4H3/b10-9+. The average Bonchev–Trinajstić information content (AvgIpc) is 3.46. The number of aromatic nitrogens is 2. The molecule has 6 nitrogen and oxygen atoms in total. The second kappa shape index (κ2) is 10.7. The Labute approximate surface area is 247 Å². The molecule has 40 heavy (non-hydrogen) atoms. The normalized spacial score (nSPS) is 15.0. The van der Waals surface area contributed by atoms with Crippen LogP contribution in [0.2, 0.25) is 15.1 Å². The average molecular weight is 600 g/mol. The van der Waals surface area contributed by atoms with Crippen molar-refractivity contribution in [2.75, 3.05) is 7.11 Å². The highest BCUT2D eigenvalue weighted by molar-refractivity contribution is 6.42. The molecule has 0 spiro atoms. The van der Waals surface area contributed by atoms with Crippen LogP contribution in [0.4, 0.5) is 0 Å². The molecule has 0 atom stereocenters. The molecule has 0 unspecified atom stereocenters. The first kappa shape index (κ1) is 28.5. The Morgan fingerprint density at radius 1 is 1.07 bits per heavy atom. The number of H-pyrrole nitrogens is 1. The highest BCUT2D eigenvalue weighted by Crippen LogP contribution is 2.48. The molecule has 5 rings (SSSR count). The first-order chi connectivity index (χ1) is 18.9. The van der Waals surface area contributed by atoms with E-state index in [1.807, 2.05) is 45.0 Å². The summed E-state index contributed by atoms with van der Waals surface area (Å²) < 4.78 is 12.9. The molecular formula is C31H29Cl3N2O4. The van der Waals surface area contributed by atoms with E-state index in [0.29, 0.717) is 43.0 Å². The lowest BCUT2D eigenvalue weighted by molar-refractivity contribution is -0.148. The first-order valence-electron chi connectivity index (χ1n) is 12.9. The molecule has 9 heteroatoms. The Morgan fingerprint density at radius 2 is 1.77 bits per heavy atom. The van der Waals surface area contributed by atoms with Gasteiger partial charge in [-0.15, -0.1) is 0 Å². The van der Waals surface area contributed by atoms with E-state index < -0.39 is 17.2 Å². The summed E-state index contributed by atoms with van der Waals surface area (Å²) in [6.07, 6.45) is 9.10. The van der Waals surface area contributed by atoms with Crippen LogP contribution < -0.4 is 0 Å². The van der Waals surface area contributed by atoms with Gasteiger partial charge < -0.3 is 14.5 Å². The van der Waals surface area contributed by atoms with E-state index in [9.17, 15) is 9.59 Å². The molecule has 2 aromatic carbocycles. The van der Waals surface area contributed by atoms with Crippen LogP contribution in [0.5, 0.6) is 0 Å². The van der Waals surface area contributed by atoms with E-state index in [1.54, 1.807) is 42.3 Å². The first-order valence-corrected chi connectivity index (χ1v) is 14.1. The molecule has 1 saturated carbocycles. The summed E-state index contributed by atoms with van der Waals surface area (Å²) in [5.41, 5.74) is 2.46. The second-order valence-corrected chi connectivity index (χ2v) is 12.1. The summed E-state index contributed by atoms with van der Waals surface area (Å²) in [4.78, 5) is 30.0. The van der Waals surface area contributed by atoms with Crippen LogP contribution in [-0.2, 0) is 19.9 Å². The molecule has 0 aliphatic heterocycles. The van der Waals surface area contributed by atoms with Gasteiger partial charge in [-0.3, -0.25) is 9.36 Å². The molecule has 1 fully saturated rings. The minimum absolute atomic E-state index is 0.264. The maximum atomic E-state index is 14.4. The van der Waals surface area contributed by atoms with Crippen molar-refractivity contribution in [3.05, 3.63) is 86.8 Å². The summed E-state index contributed by atoms with van der Waals surface area (Å²) in [6.45, 7) is 5.45. The fourth-order valence-electron chi connectivity index (χ4n) is 5.18. The van der Waals surface area contributed by atoms with E-state index >= 15 is 0 Å². The zero-order valence-corrected chi connectivity index (χ0v) is 24.9. The maximum Gasteiger partial charge on any atom is 0.331 e. The zero-order chi connectivity index (χ0) is 28.8. The fraction of sp³-hybridized carbons (Fsp3) is 0.290. The number of hydrogen-bond donors (Lipinski definition) is 1. The number of nitrogens with one attached hydrogen (secondary N) is 1. The summed E-state index contributed by atoms with van der Waals surface area (Å²) in [7, 11) is 1.66. The van der Waals surface area contributed by atoms with Crippen molar-refractivity contribution in [2.24, 2.45) is 0 Å². The van der Waals surface area contributed by atoms with Gasteiger partial charge >= 0.3 is 5.97 Å². The van der Waals surface area contributed by atoms with Gasteiger partial charge in [0, 0.05) is 47.1 Å². The van der Waals surface area contributed by atoms with E-state index in [-0.39, 0.29) is 5.91 Å². The van der Waals surface area contributed by atoms with Gasteiger partial charge in [-0.1, -0.05) is 46.9 Å². The topological polar surface area (TPSA) is 73.3 Å². The van der Waals surface area contributed by atoms with Crippen LogP contribution in [0, 0.1) is 0 Å². The molecule has 2 aromatic heterocycles. The van der Waals surface area contributed by atoms with Crippen molar-refractivity contribution in [1.29, 1.82) is 0 Å². The molecule has 0 bridgehead atoms. The lowest BCUT2D eigenvalue weighted by atomic mass is 9.75. The van der Waals surface area contributed by atoms with Gasteiger partial charge in [0.05, 0.1) is 26.8 Å². The number of halogens is 3. The lowest BCUT2D eigenvalue weighted by Crippen LogP contribution is -2.38. The van der Waals surface area contributed by atoms with Gasteiger partial charge in [0.25, 0.3) is 5.91 Å². The third-order valence-electron chi connectivity index (χ3n) is 7.17. The molecular weight excluding hydrogens is 571 g/mol. The van der Waals surface area contributed by atoms with Crippen molar-refractivity contribution in [1.82, 2.24) is 9.55 Å². The van der Waals surface area contributed by atoms with Crippen molar-refractivity contribution in [3.63, 3.8) is 0 Å². The van der Waals surface area contributed by atoms with Crippen LogP contribution in [0.15, 0.2) is 54.9 Å². The van der Waals surface area contributed by atoms with Gasteiger partial charge in [-0.05, 0) is 75.9 Å².